The number of aryl methyl sites for hydroxylation is 1. The Morgan fingerprint density at radius 3 is 2.47 bits per heavy atom. The molecule has 1 saturated heterocycles. The first kappa shape index (κ1) is 13.9. The first-order valence-electron chi connectivity index (χ1n) is 6.81. The molecule has 104 valence electrons. The van der Waals surface area contributed by atoms with Crippen LogP contribution in [0.2, 0.25) is 0 Å². The normalized spacial score (nSPS) is 24.5. The molecular formula is C15H23N3O. The molecule has 4 nitrogen and oxygen atoms in total. The fourth-order valence-electron chi connectivity index (χ4n) is 2.72. The average molecular weight is 261 g/mol. The van der Waals surface area contributed by atoms with Gasteiger partial charge in [0, 0.05) is 32.4 Å². The van der Waals surface area contributed by atoms with Gasteiger partial charge in [-0.15, -0.1) is 0 Å². The number of carbonyl (C=O) groups excluding carboxylic acids is 1. The Morgan fingerprint density at radius 2 is 1.89 bits per heavy atom. The van der Waals surface area contributed by atoms with Gasteiger partial charge in [-0.3, -0.25) is 4.79 Å². The summed E-state index contributed by atoms with van der Waals surface area (Å²) in [5.41, 5.74) is 8.14. The number of likely N-dealkylation sites (N-methyl/N-ethyl adjacent to an activating group) is 1. The predicted molar refractivity (Wildman–Crippen MR) is 78.2 cm³/mol. The highest BCUT2D eigenvalue weighted by molar-refractivity contribution is 5.86. The molecule has 0 spiro atoms. The van der Waals surface area contributed by atoms with Crippen LogP contribution in [0.4, 0.5) is 5.69 Å². The molecule has 2 atom stereocenters. The molecule has 0 aromatic heterocycles. The maximum Gasteiger partial charge on any atom is 0.246 e. The maximum absolute atomic E-state index is 12.4. The van der Waals surface area contributed by atoms with Crippen LogP contribution in [-0.4, -0.2) is 43.5 Å². The molecule has 1 heterocycles. The van der Waals surface area contributed by atoms with Crippen LogP contribution in [0.3, 0.4) is 0 Å². The van der Waals surface area contributed by atoms with E-state index in [1.54, 1.807) is 4.90 Å². The Kier molecular flexibility index (Phi) is 4.10. The van der Waals surface area contributed by atoms with Crippen LogP contribution in [0.15, 0.2) is 24.3 Å². The second-order valence-corrected chi connectivity index (χ2v) is 5.56. The van der Waals surface area contributed by atoms with Gasteiger partial charge in [-0.2, -0.15) is 0 Å². The van der Waals surface area contributed by atoms with Crippen molar-refractivity contribution in [3.05, 3.63) is 29.8 Å². The van der Waals surface area contributed by atoms with Crippen LogP contribution in [0.1, 0.15) is 12.5 Å². The second kappa shape index (κ2) is 5.61. The average Bonchev–Trinajstić information content (AvgIpc) is 2.48. The zero-order chi connectivity index (χ0) is 14.0. The minimum Gasteiger partial charge on any atom is -0.358 e. The molecule has 2 rings (SSSR count). The lowest BCUT2D eigenvalue weighted by molar-refractivity contribution is -0.130. The summed E-state index contributed by atoms with van der Waals surface area (Å²) in [5.74, 6) is 0.555. The fourth-order valence-corrected chi connectivity index (χ4v) is 2.72. The Bertz CT molecular complexity index is 443. The van der Waals surface area contributed by atoms with Gasteiger partial charge in [-0.25, -0.2) is 0 Å². The zero-order valence-electron chi connectivity index (χ0n) is 12.0. The standard InChI is InChI=1S/C15H23N3O/c1-11-4-6-13(7-5-11)18-10-12(2)9-17(3)15(19)14(18)8-16/h4-7,12,14H,8-10,16H2,1-3H3. The summed E-state index contributed by atoms with van der Waals surface area (Å²) < 4.78 is 0. The fraction of sp³-hybridized carbons (Fsp3) is 0.533. The number of benzene rings is 1. The molecule has 0 radical (unpaired) electrons. The molecule has 1 fully saturated rings. The van der Waals surface area contributed by atoms with Crippen molar-refractivity contribution in [3.8, 4) is 0 Å². The van der Waals surface area contributed by atoms with Crippen molar-refractivity contribution in [1.29, 1.82) is 0 Å². The molecule has 0 saturated carbocycles. The smallest absolute Gasteiger partial charge is 0.246 e. The number of amides is 1. The lowest BCUT2D eigenvalue weighted by Crippen LogP contribution is -2.49. The second-order valence-electron chi connectivity index (χ2n) is 5.56. The summed E-state index contributed by atoms with van der Waals surface area (Å²) in [7, 11) is 1.86. The van der Waals surface area contributed by atoms with Crippen LogP contribution in [-0.2, 0) is 4.79 Å². The van der Waals surface area contributed by atoms with Crippen molar-refractivity contribution in [2.75, 3.05) is 31.6 Å². The Morgan fingerprint density at radius 1 is 1.26 bits per heavy atom. The molecule has 1 aromatic rings. The van der Waals surface area contributed by atoms with Crippen LogP contribution in [0, 0.1) is 12.8 Å². The highest BCUT2D eigenvalue weighted by atomic mass is 16.2. The van der Waals surface area contributed by atoms with E-state index in [1.807, 2.05) is 7.05 Å². The maximum atomic E-state index is 12.4. The topological polar surface area (TPSA) is 49.6 Å². The minimum atomic E-state index is -0.252. The number of nitrogens with zero attached hydrogens (tertiary/aromatic N) is 2. The molecule has 0 bridgehead atoms. The highest BCUT2D eigenvalue weighted by Gasteiger charge is 2.32. The number of carbonyl (C=O) groups is 1. The summed E-state index contributed by atoms with van der Waals surface area (Å²) in [5, 5.41) is 0. The number of nitrogens with two attached hydrogens (primary N) is 1. The van der Waals surface area contributed by atoms with Gasteiger partial charge in [0.25, 0.3) is 0 Å². The molecule has 1 aromatic carbocycles. The van der Waals surface area contributed by atoms with Crippen molar-refractivity contribution in [3.63, 3.8) is 0 Å². The third kappa shape index (κ3) is 2.89. The van der Waals surface area contributed by atoms with E-state index in [4.69, 9.17) is 5.73 Å². The van der Waals surface area contributed by atoms with Crippen LogP contribution < -0.4 is 10.6 Å². The van der Waals surface area contributed by atoms with Gasteiger partial charge < -0.3 is 15.5 Å². The molecule has 1 aliphatic heterocycles. The highest BCUT2D eigenvalue weighted by Crippen LogP contribution is 2.23. The zero-order valence-corrected chi connectivity index (χ0v) is 12.0. The van der Waals surface area contributed by atoms with Crippen LogP contribution in [0.25, 0.3) is 0 Å². The SMILES string of the molecule is Cc1ccc(N2CC(C)CN(C)C(=O)C2CN)cc1. The minimum absolute atomic E-state index is 0.118. The monoisotopic (exact) mass is 261 g/mol. The third-order valence-corrected chi connectivity index (χ3v) is 3.72. The lowest BCUT2D eigenvalue weighted by atomic mass is 10.1. The molecule has 1 amide bonds. The number of hydrogen-bond donors (Lipinski definition) is 1. The van der Waals surface area contributed by atoms with E-state index < -0.39 is 0 Å². The Hall–Kier alpha value is -1.55. The molecule has 0 aliphatic carbocycles. The van der Waals surface area contributed by atoms with E-state index in [2.05, 4.69) is 43.0 Å². The molecule has 2 unspecified atom stereocenters. The summed E-state index contributed by atoms with van der Waals surface area (Å²) in [6.07, 6.45) is 0. The number of hydrogen-bond acceptors (Lipinski definition) is 3. The van der Waals surface area contributed by atoms with Gasteiger partial charge in [0.2, 0.25) is 5.91 Å². The van der Waals surface area contributed by atoms with E-state index in [0.29, 0.717) is 12.5 Å². The Labute approximate surface area is 115 Å². The summed E-state index contributed by atoms with van der Waals surface area (Å²) in [4.78, 5) is 16.3. The van der Waals surface area contributed by atoms with Crippen molar-refractivity contribution in [1.82, 2.24) is 4.90 Å². The van der Waals surface area contributed by atoms with Crippen LogP contribution in [0.5, 0.6) is 0 Å². The summed E-state index contributed by atoms with van der Waals surface area (Å²) in [6.45, 7) is 6.24. The van der Waals surface area contributed by atoms with E-state index in [-0.39, 0.29) is 11.9 Å². The lowest BCUT2D eigenvalue weighted by Gasteiger charge is -2.31. The quantitative estimate of drug-likeness (QED) is 0.871. The van der Waals surface area contributed by atoms with Gasteiger partial charge in [-0.05, 0) is 25.0 Å². The largest absolute Gasteiger partial charge is 0.358 e. The van der Waals surface area contributed by atoms with Crippen molar-refractivity contribution in [2.24, 2.45) is 11.7 Å². The third-order valence-electron chi connectivity index (χ3n) is 3.72. The van der Waals surface area contributed by atoms with Crippen molar-refractivity contribution in [2.45, 2.75) is 19.9 Å². The Balaban J connectivity index is 2.34. The van der Waals surface area contributed by atoms with Gasteiger partial charge >= 0.3 is 0 Å². The van der Waals surface area contributed by atoms with Gasteiger partial charge in [-0.1, -0.05) is 24.6 Å². The van der Waals surface area contributed by atoms with E-state index in [1.165, 1.54) is 5.56 Å². The first-order valence-corrected chi connectivity index (χ1v) is 6.81. The molecule has 19 heavy (non-hydrogen) atoms. The molecule has 4 heteroatoms. The molecular weight excluding hydrogens is 238 g/mol. The summed E-state index contributed by atoms with van der Waals surface area (Å²) >= 11 is 0. The van der Waals surface area contributed by atoms with Crippen molar-refractivity contribution < 1.29 is 4.79 Å². The van der Waals surface area contributed by atoms with E-state index in [9.17, 15) is 4.79 Å². The van der Waals surface area contributed by atoms with E-state index >= 15 is 0 Å². The van der Waals surface area contributed by atoms with Gasteiger partial charge in [0.15, 0.2) is 0 Å². The van der Waals surface area contributed by atoms with E-state index in [0.717, 1.165) is 18.8 Å². The molecule has 1 aliphatic rings. The van der Waals surface area contributed by atoms with Crippen molar-refractivity contribution >= 4 is 11.6 Å². The van der Waals surface area contributed by atoms with Crippen LogP contribution >= 0.6 is 0 Å². The summed E-state index contributed by atoms with van der Waals surface area (Å²) in [6, 6.07) is 8.05. The number of rotatable bonds is 2. The van der Waals surface area contributed by atoms with Gasteiger partial charge in [0.05, 0.1) is 0 Å². The molecule has 2 N–H and O–H groups in total. The number of anilines is 1. The first-order chi connectivity index (χ1) is 9.02. The van der Waals surface area contributed by atoms with Gasteiger partial charge in [0.1, 0.15) is 6.04 Å². The predicted octanol–water partition coefficient (Wildman–Crippen LogP) is 1.24.